The van der Waals surface area contributed by atoms with Gasteiger partial charge in [-0.2, -0.15) is 0 Å². The second kappa shape index (κ2) is 6.65. The Kier molecular flexibility index (Phi) is 4.57. The first kappa shape index (κ1) is 16.5. The van der Waals surface area contributed by atoms with Gasteiger partial charge in [-0.05, 0) is 11.5 Å². The number of nitrogens with zero attached hydrogens (tertiary/aromatic N) is 2. The van der Waals surface area contributed by atoms with E-state index in [9.17, 15) is 4.79 Å². The zero-order chi connectivity index (χ0) is 17.2. The highest BCUT2D eigenvalue weighted by Crippen LogP contribution is 2.26. The third-order valence-electron chi connectivity index (χ3n) is 3.44. The van der Waals surface area contributed by atoms with Crippen LogP contribution in [-0.2, 0) is 10.2 Å². The van der Waals surface area contributed by atoms with Crippen molar-refractivity contribution >= 4 is 34.1 Å². The van der Waals surface area contributed by atoms with Crippen LogP contribution in [0.25, 0.3) is 10.8 Å². The van der Waals surface area contributed by atoms with Crippen molar-refractivity contribution in [3.63, 3.8) is 0 Å². The Morgan fingerprint density at radius 1 is 1.12 bits per heavy atom. The number of thioether (sulfide) groups is 1. The molecule has 0 aliphatic rings. The first-order valence-electron chi connectivity index (χ1n) is 7.68. The minimum Gasteiger partial charge on any atom is -0.415 e. The molecule has 0 saturated heterocycles. The lowest BCUT2D eigenvalue weighted by Crippen LogP contribution is -2.14. The van der Waals surface area contributed by atoms with E-state index in [0.717, 1.165) is 16.5 Å². The molecule has 24 heavy (non-hydrogen) atoms. The van der Waals surface area contributed by atoms with Crippen molar-refractivity contribution in [2.75, 3.05) is 11.1 Å². The molecule has 2 aromatic carbocycles. The van der Waals surface area contributed by atoms with Gasteiger partial charge >= 0.3 is 0 Å². The van der Waals surface area contributed by atoms with Gasteiger partial charge in [-0.1, -0.05) is 68.9 Å². The number of amides is 1. The van der Waals surface area contributed by atoms with Gasteiger partial charge in [0, 0.05) is 16.5 Å². The summed E-state index contributed by atoms with van der Waals surface area (Å²) in [5.41, 5.74) is 0.608. The normalized spacial score (nSPS) is 11.6. The predicted octanol–water partition coefficient (Wildman–Crippen LogP) is 4.25. The molecule has 5 nitrogen and oxygen atoms in total. The fraction of sp³-hybridized carbons (Fsp3) is 0.278. The molecular formula is C18H19N3O2S. The molecule has 1 aromatic heterocycles. The average Bonchev–Trinajstić information content (AvgIpc) is 3.03. The Hall–Kier alpha value is -2.34. The maximum absolute atomic E-state index is 12.2. The molecule has 0 saturated carbocycles. The zero-order valence-electron chi connectivity index (χ0n) is 13.9. The van der Waals surface area contributed by atoms with E-state index in [2.05, 4.69) is 15.5 Å². The van der Waals surface area contributed by atoms with Crippen molar-refractivity contribution < 1.29 is 9.21 Å². The molecular weight excluding hydrogens is 322 g/mol. The smallest absolute Gasteiger partial charge is 0.277 e. The first-order chi connectivity index (χ1) is 11.4. The molecule has 0 aliphatic carbocycles. The van der Waals surface area contributed by atoms with Crippen LogP contribution in [0.5, 0.6) is 0 Å². The maximum atomic E-state index is 12.2. The largest absolute Gasteiger partial charge is 0.415 e. The lowest BCUT2D eigenvalue weighted by Gasteiger charge is -2.10. The van der Waals surface area contributed by atoms with E-state index < -0.39 is 0 Å². The van der Waals surface area contributed by atoms with Crippen LogP contribution >= 0.6 is 11.8 Å². The fourth-order valence-corrected chi connectivity index (χ4v) is 2.78. The Morgan fingerprint density at radius 3 is 2.62 bits per heavy atom. The van der Waals surface area contributed by atoms with E-state index in [4.69, 9.17) is 4.42 Å². The van der Waals surface area contributed by atoms with E-state index >= 15 is 0 Å². The predicted molar refractivity (Wildman–Crippen MR) is 96.3 cm³/mol. The highest BCUT2D eigenvalue weighted by atomic mass is 32.2. The molecule has 0 aliphatic heterocycles. The summed E-state index contributed by atoms with van der Waals surface area (Å²) in [5.74, 6) is 0.681. The van der Waals surface area contributed by atoms with Crippen LogP contribution < -0.4 is 5.32 Å². The number of aromatic nitrogens is 2. The first-order valence-corrected chi connectivity index (χ1v) is 8.66. The molecule has 1 N–H and O–H groups in total. The molecule has 0 fully saturated rings. The lowest BCUT2D eigenvalue weighted by molar-refractivity contribution is -0.113. The van der Waals surface area contributed by atoms with Gasteiger partial charge in [0.25, 0.3) is 5.22 Å². The zero-order valence-corrected chi connectivity index (χ0v) is 14.7. The minimum absolute atomic E-state index is 0.105. The monoisotopic (exact) mass is 341 g/mol. The van der Waals surface area contributed by atoms with Gasteiger partial charge in [-0.3, -0.25) is 4.79 Å². The van der Waals surface area contributed by atoms with Gasteiger partial charge in [0.15, 0.2) is 0 Å². The highest BCUT2D eigenvalue weighted by molar-refractivity contribution is 7.99. The van der Waals surface area contributed by atoms with Crippen LogP contribution in [0.3, 0.4) is 0 Å². The Balaban J connectivity index is 1.64. The van der Waals surface area contributed by atoms with Gasteiger partial charge in [-0.25, -0.2) is 0 Å². The number of benzene rings is 2. The Morgan fingerprint density at radius 2 is 1.88 bits per heavy atom. The molecule has 1 amide bonds. The van der Waals surface area contributed by atoms with Crippen molar-refractivity contribution in [2.45, 2.75) is 31.4 Å². The summed E-state index contributed by atoms with van der Waals surface area (Å²) in [6.07, 6.45) is 0. The SMILES string of the molecule is CC(C)(C)c1nnc(SCC(=O)Nc2cccc3ccccc23)o1. The van der Waals surface area contributed by atoms with Gasteiger partial charge < -0.3 is 9.73 Å². The summed E-state index contributed by atoms with van der Waals surface area (Å²) in [5, 5.41) is 13.5. The number of hydrogen-bond acceptors (Lipinski definition) is 5. The van der Waals surface area contributed by atoms with Crippen molar-refractivity contribution in [3.05, 3.63) is 48.4 Å². The van der Waals surface area contributed by atoms with Crippen molar-refractivity contribution in [1.29, 1.82) is 0 Å². The Bertz CT molecular complexity index is 863. The van der Waals surface area contributed by atoms with E-state index in [0.29, 0.717) is 11.1 Å². The van der Waals surface area contributed by atoms with Crippen LogP contribution in [0.1, 0.15) is 26.7 Å². The second-order valence-corrected chi connectivity index (χ2v) is 7.41. The van der Waals surface area contributed by atoms with Crippen molar-refractivity contribution in [3.8, 4) is 0 Å². The van der Waals surface area contributed by atoms with Crippen LogP contribution in [0, 0.1) is 0 Å². The number of nitrogens with one attached hydrogen (secondary N) is 1. The fourth-order valence-electron chi connectivity index (χ4n) is 2.22. The van der Waals surface area contributed by atoms with E-state index in [-0.39, 0.29) is 17.1 Å². The van der Waals surface area contributed by atoms with Crippen molar-refractivity contribution in [1.82, 2.24) is 10.2 Å². The summed E-state index contributed by atoms with van der Waals surface area (Å²) >= 11 is 1.24. The van der Waals surface area contributed by atoms with Crippen LogP contribution in [0.15, 0.2) is 52.1 Å². The van der Waals surface area contributed by atoms with Crippen LogP contribution in [0.4, 0.5) is 5.69 Å². The number of anilines is 1. The molecule has 0 atom stereocenters. The van der Waals surface area contributed by atoms with Crippen LogP contribution in [0.2, 0.25) is 0 Å². The summed E-state index contributed by atoms with van der Waals surface area (Å²) in [6, 6.07) is 13.8. The summed E-state index contributed by atoms with van der Waals surface area (Å²) in [6.45, 7) is 6.01. The quantitative estimate of drug-likeness (QED) is 0.719. The Labute approximate surface area is 144 Å². The third kappa shape index (κ3) is 3.76. The third-order valence-corrected chi connectivity index (χ3v) is 4.26. The van der Waals surface area contributed by atoms with Gasteiger partial charge in [0.2, 0.25) is 11.8 Å². The molecule has 1 heterocycles. The summed E-state index contributed by atoms with van der Waals surface area (Å²) < 4.78 is 5.58. The number of rotatable bonds is 4. The average molecular weight is 341 g/mol. The minimum atomic E-state index is -0.197. The van der Waals surface area contributed by atoms with E-state index in [1.807, 2.05) is 63.2 Å². The van der Waals surface area contributed by atoms with Crippen molar-refractivity contribution in [2.24, 2.45) is 0 Å². The molecule has 6 heteroatoms. The molecule has 0 radical (unpaired) electrons. The standard InChI is InChI=1S/C18H19N3O2S/c1-18(2,3)16-20-21-17(23-16)24-11-15(22)19-14-10-6-8-12-7-4-5-9-13(12)14/h4-10H,11H2,1-3H3,(H,19,22). The molecule has 0 unspecified atom stereocenters. The van der Waals surface area contributed by atoms with Crippen LogP contribution in [-0.4, -0.2) is 21.9 Å². The summed E-state index contributed by atoms with van der Waals surface area (Å²) in [4.78, 5) is 12.2. The molecule has 124 valence electrons. The molecule has 0 bridgehead atoms. The lowest BCUT2D eigenvalue weighted by atomic mass is 9.97. The number of carbonyl (C=O) groups excluding carboxylic acids is 1. The highest BCUT2D eigenvalue weighted by Gasteiger charge is 2.21. The van der Waals surface area contributed by atoms with E-state index in [1.165, 1.54) is 11.8 Å². The maximum Gasteiger partial charge on any atom is 0.277 e. The second-order valence-electron chi connectivity index (χ2n) is 6.49. The number of fused-ring (bicyclic) bond motifs is 1. The van der Waals surface area contributed by atoms with Gasteiger partial charge in [-0.15, -0.1) is 10.2 Å². The van der Waals surface area contributed by atoms with E-state index in [1.54, 1.807) is 0 Å². The molecule has 0 spiro atoms. The number of hydrogen-bond donors (Lipinski definition) is 1. The number of carbonyl (C=O) groups is 1. The van der Waals surface area contributed by atoms with Gasteiger partial charge in [0.1, 0.15) is 0 Å². The topological polar surface area (TPSA) is 68.0 Å². The van der Waals surface area contributed by atoms with Gasteiger partial charge in [0.05, 0.1) is 5.75 Å². The molecule has 3 aromatic rings. The summed E-state index contributed by atoms with van der Waals surface area (Å²) in [7, 11) is 0. The molecule has 3 rings (SSSR count).